The first-order chi connectivity index (χ1) is 12.5. The molecule has 0 aromatic heterocycles. The van der Waals surface area contributed by atoms with Gasteiger partial charge in [0.05, 0.1) is 25.2 Å². The number of hydrogen-bond donors (Lipinski definition) is 0. The van der Waals surface area contributed by atoms with Gasteiger partial charge in [-0.1, -0.05) is 23.9 Å². The summed E-state index contributed by atoms with van der Waals surface area (Å²) < 4.78 is 10.5. The number of aryl methyl sites for hydroxylation is 1. The van der Waals surface area contributed by atoms with E-state index in [1.807, 2.05) is 43.3 Å². The summed E-state index contributed by atoms with van der Waals surface area (Å²) in [6, 6.07) is 13.5. The zero-order chi connectivity index (χ0) is 18.7. The van der Waals surface area contributed by atoms with Gasteiger partial charge in [0.2, 0.25) is 5.91 Å². The van der Waals surface area contributed by atoms with E-state index in [0.29, 0.717) is 6.42 Å². The van der Waals surface area contributed by atoms with Crippen LogP contribution in [-0.2, 0) is 11.2 Å². The van der Waals surface area contributed by atoms with Gasteiger partial charge in [-0.2, -0.15) is 0 Å². The molecule has 0 saturated carbocycles. The Morgan fingerprint density at radius 1 is 1.12 bits per heavy atom. The molecule has 1 amide bonds. The lowest BCUT2D eigenvalue weighted by molar-refractivity contribution is -0.125. The van der Waals surface area contributed by atoms with Gasteiger partial charge in [-0.25, -0.2) is 4.99 Å². The molecule has 26 heavy (non-hydrogen) atoms. The van der Waals surface area contributed by atoms with Gasteiger partial charge >= 0.3 is 0 Å². The van der Waals surface area contributed by atoms with E-state index < -0.39 is 0 Å². The highest BCUT2D eigenvalue weighted by Crippen LogP contribution is 2.32. The highest BCUT2D eigenvalue weighted by Gasteiger charge is 2.35. The van der Waals surface area contributed by atoms with E-state index in [9.17, 15) is 4.79 Å². The van der Waals surface area contributed by atoms with Crippen molar-refractivity contribution in [1.82, 2.24) is 4.90 Å². The maximum atomic E-state index is 12.6. The summed E-state index contributed by atoms with van der Waals surface area (Å²) in [4.78, 5) is 18.8. The first-order valence-electron chi connectivity index (χ1n) is 8.32. The van der Waals surface area contributed by atoms with Crippen LogP contribution in [0.2, 0.25) is 0 Å². The Balaban J connectivity index is 1.75. The number of rotatable bonds is 5. The predicted octanol–water partition coefficient (Wildman–Crippen LogP) is 3.82. The molecule has 1 aliphatic rings. The highest BCUT2D eigenvalue weighted by atomic mass is 32.2. The van der Waals surface area contributed by atoms with E-state index in [4.69, 9.17) is 9.47 Å². The van der Waals surface area contributed by atoms with Crippen molar-refractivity contribution < 1.29 is 14.3 Å². The second-order valence-corrected chi connectivity index (χ2v) is 7.27. The normalized spacial score (nSPS) is 18.5. The Kier molecular flexibility index (Phi) is 5.52. The van der Waals surface area contributed by atoms with Crippen LogP contribution >= 0.6 is 11.8 Å². The topological polar surface area (TPSA) is 51.1 Å². The first kappa shape index (κ1) is 18.3. The minimum absolute atomic E-state index is 0.0794. The molecule has 0 spiro atoms. The van der Waals surface area contributed by atoms with Crippen molar-refractivity contribution in [2.24, 2.45) is 4.99 Å². The molecule has 0 N–H and O–H groups in total. The lowest BCUT2D eigenvalue weighted by atomic mass is 10.1. The van der Waals surface area contributed by atoms with Gasteiger partial charge in [-0.05, 0) is 54.8 Å². The van der Waals surface area contributed by atoms with Crippen LogP contribution in [0.15, 0.2) is 47.5 Å². The third kappa shape index (κ3) is 3.85. The van der Waals surface area contributed by atoms with Crippen molar-refractivity contribution >= 4 is 28.5 Å². The Morgan fingerprint density at radius 3 is 2.46 bits per heavy atom. The molecule has 2 aromatic carbocycles. The molecule has 1 fully saturated rings. The number of aliphatic imine (C=N–C) groups is 1. The van der Waals surface area contributed by atoms with E-state index in [1.54, 1.807) is 26.2 Å². The second kappa shape index (κ2) is 7.83. The molecular formula is C20H22N2O3S. The van der Waals surface area contributed by atoms with Crippen LogP contribution in [-0.4, -0.2) is 42.5 Å². The van der Waals surface area contributed by atoms with Crippen LogP contribution in [0.1, 0.15) is 11.1 Å². The highest BCUT2D eigenvalue weighted by molar-refractivity contribution is 8.15. The Labute approximate surface area is 158 Å². The number of amidine groups is 1. The zero-order valence-electron chi connectivity index (χ0n) is 15.4. The van der Waals surface area contributed by atoms with E-state index >= 15 is 0 Å². The van der Waals surface area contributed by atoms with Crippen LogP contribution in [0.5, 0.6) is 11.5 Å². The molecule has 5 nitrogen and oxygen atoms in total. The minimum Gasteiger partial charge on any atom is -0.497 e. The standard InChI is InChI=1S/C20H22N2O3S/c1-13-11-14(5-10-17(13)25-4)12-18-19(23)22(2)20(26-18)21-15-6-8-16(24-3)9-7-15/h5-11,18H,12H2,1-4H3/t18-/m0/s1. The maximum Gasteiger partial charge on any atom is 0.242 e. The third-order valence-corrected chi connectivity index (χ3v) is 5.55. The van der Waals surface area contributed by atoms with Gasteiger partial charge in [-0.15, -0.1) is 0 Å². The molecule has 136 valence electrons. The van der Waals surface area contributed by atoms with E-state index in [2.05, 4.69) is 11.1 Å². The number of methoxy groups -OCH3 is 2. The first-order valence-corrected chi connectivity index (χ1v) is 9.20. The Morgan fingerprint density at radius 2 is 1.85 bits per heavy atom. The predicted molar refractivity (Wildman–Crippen MR) is 106 cm³/mol. The summed E-state index contributed by atoms with van der Waals surface area (Å²) in [5, 5.41) is 0.556. The van der Waals surface area contributed by atoms with Gasteiger partial charge in [0.25, 0.3) is 0 Å². The third-order valence-electron chi connectivity index (χ3n) is 4.32. The summed E-state index contributed by atoms with van der Waals surface area (Å²) in [6.07, 6.45) is 0.667. The fourth-order valence-corrected chi connectivity index (χ4v) is 4.04. The van der Waals surface area contributed by atoms with Crippen molar-refractivity contribution in [2.45, 2.75) is 18.6 Å². The minimum atomic E-state index is -0.162. The van der Waals surface area contributed by atoms with Crippen molar-refractivity contribution in [2.75, 3.05) is 21.3 Å². The van der Waals surface area contributed by atoms with Gasteiger partial charge < -0.3 is 9.47 Å². The molecule has 1 heterocycles. The average molecular weight is 370 g/mol. The van der Waals surface area contributed by atoms with Crippen molar-refractivity contribution in [1.29, 1.82) is 0 Å². The lowest BCUT2D eigenvalue weighted by Gasteiger charge is -2.10. The van der Waals surface area contributed by atoms with Crippen LogP contribution < -0.4 is 9.47 Å². The van der Waals surface area contributed by atoms with Gasteiger partial charge in [-0.3, -0.25) is 9.69 Å². The fourth-order valence-electron chi connectivity index (χ4n) is 2.85. The molecule has 1 saturated heterocycles. The molecule has 1 aliphatic heterocycles. The van der Waals surface area contributed by atoms with Crippen LogP contribution in [0, 0.1) is 6.92 Å². The molecular weight excluding hydrogens is 348 g/mol. The summed E-state index contributed by atoms with van der Waals surface area (Å²) in [7, 11) is 5.07. The number of thioether (sulfide) groups is 1. The Hall–Kier alpha value is -2.47. The molecule has 0 radical (unpaired) electrons. The zero-order valence-corrected chi connectivity index (χ0v) is 16.2. The summed E-state index contributed by atoms with van der Waals surface area (Å²) in [6.45, 7) is 2.01. The number of nitrogens with zero attached hydrogens (tertiary/aromatic N) is 2. The van der Waals surface area contributed by atoms with Crippen LogP contribution in [0.25, 0.3) is 0 Å². The average Bonchev–Trinajstić information content (AvgIpc) is 2.90. The Bertz CT molecular complexity index is 833. The van der Waals surface area contributed by atoms with Crippen molar-refractivity contribution in [3.8, 4) is 11.5 Å². The molecule has 1 atom stereocenters. The molecule has 0 aliphatic carbocycles. The molecule has 3 rings (SSSR count). The van der Waals surface area contributed by atoms with Crippen LogP contribution in [0.4, 0.5) is 5.69 Å². The van der Waals surface area contributed by atoms with Gasteiger partial charge in [0, 0.05) is 7.05 Å². The van der Waals surface area contributed by atoms with Crippen molar-refractivity contribution in [3.63, 3.8) is 0 Å². The number of amides is 1. The number of carbonyl (C=O) groups excluding carboxylic acids is 1. The van der Waals surface area contributed by atoms with E-state index in [-0.39, 0.29) is 11.2 Å². The smallest absolute Gasteiger partial charge is 0.242 e. The summed E-state index contributed by atoms with van der Waals surface area (Å²) in [5.41, 5.74) is 2.99. The second-order valence-electron chi connectivity index (χ2n) is 6.10. The van der Waals surface area contributed by atoms with Crippen LogP contribution in [0.3, 0.4) is 0 Å². The quantitative estimate of drug-likeness (QED) is 0.803. The van der Waals surface area contributed by atoms with Crippen molar-refractivity contribution in [3.05, 3.63) is 53.6 Å². The molecule has 2 aromatic rings. The monoisotopic (exact) mass is 370 g/mol. The summed E-state index contributed by atoms with van der Waals surface area (Å²) in [5.74, 6) is 1.72. The van der Waals surface area contributed by atoms with E-state index in [0.717, 1.165) is 33.5 Å². The number of ether oxygens (including phenoxy) is 2. The van der Waals surface area contributed by atoms with E-state index in [1.165, 1.54) is 11.8 Å². The molecule has 0 unspecified atom stereocenters. The fraction of sp³-hybridized carbons (Fsp3) is 0.300. The maximum absolute atomic E-state index is 12.6. The van der Waals surface area contributed by atoms with Gasteiger partial charge in [0.15, 0.2) is 5.17 Å². The van der Waals surface area contributed by atoms with Gasteiger partial charge in [0.1, 0.15) is 11.5 Å². The number of carbonyl (C=O) groups is 1. The molecule has 6 heteroatoms. The largest absolute Gasteiger partial charge is 0.497 e. The summed E-state index contributed by atoms with van der Waals surface area (Å²) >= 11 is 1.51. The lowest BCUT2D eigenvalue weighted by Crippen LogP contribution is -2.28. The SMILES string of the molecule is COc1ccc(N=C2S[C@@H](Cc3ccc(OC)c(C)c3)C(=O)N2C)cc1. The number of hydrogen-bond acceptors (Lipinski definition) is 5. The number of benzene rings is 2. The molecule has 0 bridgehead atoms.